The van der Waals surface area contributed by atoms with Gasteiger partial charge in [0.05, 0.1) is 19.3 Å². The third-order valence-corrected chi connectivity index (χ3v) is 5.82. The number of hydrogen-bond donors (Lipinski definition) is 1. The number of rotatable bonds is 6. The average molecular weight is 404 g/mol. The molecular weight excluding hydrogens is 374 g/mol. The van der Waals surface area contributed by atoms with Crippen LogP contribution < -0.4 is 10.2 Å². The van der Waals surface area contributed by atoms with E-state index in [4.69, 9.17) is 4.74 Å². The Morgan fingerprint density at radius 2 is 1.73 bits per heavy atom. The first kappa shape index (κ1) is 20.4. The van der Waals surface area contributed by atoms with Gasteiger partial charge < -0.3 is 15.0 Å². The number of amides is 1. The molecule has 1 aliphatic rings. The Hall–Kier alpha value is -2.89. The molecule has 1 saturated heterocycles. The highest BCUT2D eigenvalue weighted by Gasteiger charge is 2.21. The molecule has 5 heteroatoms. The number of benzene rings is 3. The van der Waals surface area contributed by atoms with Crippen molar-refractivity contribution >= 4 is 28.1 Å². The second-order valence-electron chi connectivity index (χ2n) is 7.87. The lowest BCUT2D eigenvalue weighted by Crippen LogP contribution is -2.40. The molecule has 0 unspecified atom stereocenters. The van der Waals surface area contributed by atoms with Crippen LogP contribution >= 0.6 is 0 Å². The number of ether oxygens (including phenoxy) is 1. The molecule has 0 radical (unpaired) electrons. The van der Waals surface area contributed by atoms with Crippen molar-refractivity contribution < 1.29 is 9.53 Å². The van der Waals surface area contributed by atoms with E-state index in [1.807, 2.05) is 44.3 Å². The summed E-state index contributed by atoms with van der Waals surface area (Å²) < 4.78 is 5.49. The van der Waals surface area contributed by atoms with Gasteiger partial charge in [-0.25, -0.2) is 0 Å². The van der Waals surface area contributed by atoms with E-state index >= 15 is 0 Å². The van der Waals surface area contributed by atoms with E-state index in [1.165, 1.54) is 16.6 Å². The normalized spacial score (nSPS) is 15.4. The van der Waals surface area contributed by atoms with Crippen LogP contribution in [0.2, 0.25) is 0 Å². The van der Waals surface area contributed by atoms with Crippen LogP contribution in [0.15, 0.2) is 66.7 Å². The van der Waals surface area contributed by atoms with Gasteiger partial charge in [-0.1, -0.05) is 48.5 Å². The maximum Gasteiger partial charge on any atom is 0.241 e. The number of hydrogen-bond acceptors (Lipinski definition) is 4. The minimum Gasteiger partial charge on any atom is -0.378 e. The molecule has 1 heterocycles. The van der Waals surface area contributed by atoms with Gasteiger partial charge in [-0.15, -0.1) is 0 Å². The van der Waals surface area contributed by atoms with Crippen molar-refractivity contribution in [3.05, 3.63) is 72.3 Å². The molecule has 3 aromatic carbocycles. The summed E-state index contributed by atoms with van der Waals surface area (Å²) in [6, 6.07) is 22.4. The summed E-state index contributed by atoms with van der Waals surface area (Å²) in [6.07, 6.45) is 0. The Balaban J connectivity index is 1.43. The summed E-state index contributed by atoms with van der Waals surface area (Å²) in [7, 11) is 2.00. The van der Waals surface area contributed by atoms with Crippen molar-refractivity contribution in [1.29, 1.82) is 0 Å². The Morgan fingerprint density at radius 3 is 2.53 bits per heavy atom. The number of anilines is 2. The van der Waals surface area contributed by atoms with Crippen molar-refractivity contribution in [2.75, 3.05) is 43.6 Å². The monoisotopic (exact) mass is 403 g/mol. The van der Waals surface area contributed by atoms with E-state index < -0.39 is 0 Å². The zero-order chi connectivity index (χ0) is 20.9. The van der Waals surface area contributed by atoms with Crippen LogP contribution in [-0.2, 0) is 16.1 Å². The quantitative estimate of drug-likeness (QED) is 0.672. The molecule has 0 bridgehead atoms. The summed E-state index contributed by atoms with van der Waals surface area (Å²) in [5, 5.41) is 5.36. The summed E-state index contributed by atoms with van der Waals surface area (Å²) in [4.78, 5) is 17.3. The van der Waals surface area contributed by atoms with Crippen molar-refractivity contribution in [3.8, 4) is 0 Å². The Bertz CT molecular complexity index is 1010. The first-order valence-electron chi connectivity index (χ1n) is 10.5. The van der Waals surface area contributed by atoms with Gasteiger partial charge in [0.15, 0.2) is 0 Å². The predicted molar refractivity (Wildman–Crippen MR) is 123 cm³/mol. The van der Waals surface area contributed by atoms with E-state index in [0.29, 0.717) is 6.54 Å². The molecule has 5 nitrogen and oxygen atoms in total. The lowest BCUT2D eigenvalue weighted by Gasteiger charge is -2.32. The van der Waals surface area contributed by atoms with E-state index in [-0.39, 0.29) is 11.9 Å². The van der Waals surface area contributed by atoms with Crippen LogP contribution in [-0.4, -0.2) is 50.2 Å². The largest absolute Gasteiger partial charge is 0.378 e. The molecule has 0 aromatic heterocycles. The minimum atomic E-state index is -0.255. The van der Waals surface area contributed by atoms with Gasteiger partial charge in [-0.05, 0) is 48.5 Å². The summed E-state index contributed by atoms with van der Waals surface area (Å²) in [5.41, 5.74) is 3.29. The second kappa shape index (κ2) is 9.28. The van der Waals surface area contributed by atoms with Crippen molar-refractivity contribution in [1.82, 2.24) is 4.90 Å². The van der Waals surface area contributed by atoms with Crippen LogP contribution in [0.3, 0.4) is 0 Å². The van der Waals surface area contributed by atoms with E-state index in [2.05, 4.69) is 51.5 Å². The number of likely N-dealkylation sites (N-methyl/N-ethyl adjacent to an activating group) is 1. The number of morpholine rings is 1. The molecule has 1 N–H and O–H groups in total. The molecular formula is C25H29N3O2. The third-order valence-electron chi connectivity index (χ3n) is 5.82. The van der Waals surface area contributed by atoms with Crippen LogP contribution in [0, 0.1) is 0 Å². The zero-order valence-corrected chi connectivity index (χ0v) is 17.7. The number of nitrogens with zero attached hydrogens (tertiary/aromatic N) is 2. The number of carbonyl (C=O) groups is 1. The molecule has 0 aliphatic carbocycles. The van der Waals surface area contributed by atoms with Gasteiger partial charge in [0, 0.05) is 31.0 Å². The number of nitrogens with one attached hydrogen (secondary N) is 1. The zero-order valence-electron chi connectivity index (χ0n) is 17.7. The van der Waals surface area contributed by atoms with Crippen molar-refractivity contribution in [3.63, 3.8) is 0 Å². The number of carbonyl (C=O) groups excluding carboxylic acids is 1. The average Bonchev–Trinajstić information content (AvgIpc) is 2.79. The van der Waals surface area contributed by atoms with Gasteiger partial charge in [0.25, 0.3) is 0 Å². The van der Waals surface area contributed by atoms with Gasteiger partial charge in [0.1, 0.15) is 0 Å². The van der Waals surface area contributed by atoms with Crippen molar-refractivity contribution in [2.45, 2.75) is 19.5 Å². The van der Waals surface area contributed by atoms with Gasteiger partial charge >= 0.3 is 0 Å². The fourth-order valence-electron chi connectivity index (χ4n) is 3.88. The molecule has 0 saturated carbocycles. The lowest BCUT2D eigenvalue weighted by molar-refractivity contribution is -0.120. The Kier molecular flexibility index (Phi) is 6.31. The first-order chi connectivity index (χ1) is 14.6. The molecule has 30 heavy (non-hydrogen) atoms. The van der Waals surface area contributed by atoms with Crippen LogP contribution in [0.25, 0.3) is 10.8 Å². The van der Waals surface area contributed by atoms with E-state index in [1.54, 1.807) is 0 Å². The number of para-hydroxylation sites is 1. The van der Waals surface area contributed by atoms with Crippen LogP contribution in [0.1, 0.15) is 12.5 Å². The summed E-state index contributed by atoms with van der Waals surface area (Å²) in [5.74, 6) is -0.00312. The maximum absolute atomic E-state index is 12.9. The van der Waals surface area contributed by atoms with E-state index in [0.717, 1.165) is 37.4 Å². The smallest absolute Gasteiger partial charge is 0.241 e. The lowest BCUT2D eigenvalue weighted by atomic mass is 10.1. The Labute approximate surface area is 178 Å². The van der Waals surface area contributed by atoms with E-state index in [9.17, 15) is 4.79 Å². The van der Waals surface area contributed by atoms with Crippen LogP contribution in [0.4, 0.5) is 11.4 Å². The highest BCUT2D eigenvalue weighted by molar-refractivity contribution is 5.97. The minimum absolute atomic E-state index is 0.00312. The highest BCUT2D eigenvalue weighted by atomic mass is 16.5. The maximum atomic E-state index is 12.9. The molecule has 1 atom stereocenters. The summed E-state index contributed by atoms with van der Waals surface area (Å²) in [6.45, 7) is 5.98. The highest BCUT2D eigenvalue weighted by Crippen LogP contribution is 2.24. The molecule has 0 spiro atoms. The van der Waals surface area contributed by atoms with Crippen molar-refractivity contribution in [2.24, 2.45) is 0 Å². The molecule has 156 valence electrons. The predicted octanol–water partition coefficient (Wildman–Crippen LogP) is 4.14. The standard InChI is InChI=1S/C25H29N3O2/c1-19(25(29)26-23-12-11-20-7-3-4-8-21(20)17-23)27(2)18-22-9-5-6-10-24(22)28-13-15-30-16-14-28/h3-12,17,19H,13-16,18H2,1-2H3,(H,26,29)/t19-/m1/s1. The molecule has 4 rings (SSSR count). The summed E-state index contributed by atoms with van der Waals surface area (Å²) >= 11 is 0. The van der Waals surface area contributed by atoms with Gasteiger partial charge in [0.2, 0.25) is 5.91 Å². The molecule has 1 amide bonds. The number of fused-ring (bicyclic) bond motifs is 1. The SMILES string of the molecule is C[C@H](C(=O)Nc1ccc2ccccc2c1)N(C)Cc1ccccc1N1CCOCC1. The fraction of sp³-hybridized carbons (Fsp3) is 0.320. The molecule has 3 aromatic rings. The third kappa shape index (κ3) is 4.64. The fourth-order valence-corrected chi connectivity index (χ4v) is 3.88. The molecule has 1 aliphatic heterocycles. The van der Waals surface area contributed by atoms with Gasteiger partial charge in [-0.3, -0.25) is 9.69 Å². The Morgan fingerprint density at radius 1 is 1.03 bits per heavy atom. The second-order valence-corrected chi connectivity index (χ2v) is 7.87. The molecule has 1 fully saturated rings. The van der Waals surface area contributed by atoms with Gasteiger partial charge in [-0.2, -0.15) is 0 Å². The first-order valence-corrected chi connectivity index (χ1v) is 10.5. The topological polar surface area (TPSA) is 44.8 Å². The van der Waals surface area contributed by atoms with Crippen LogP contribution in [0.5, 0.6) is 0 Å².